The fourth-order valence-electron chi connectivity index (χ4n) is 4.67. The van der Waals surface area contributed by atoms with E-state index in [-0.39, 0.29) is 23.0 Å². The maximum atomic E-state index is 13.0. The predicted octanol–water partition coefficient (Wildman–Crippen LogP) is 6.37. The number of nitriles is 1. The number of esters is 1. The Labute approximate surface area is 226 Å². The van der Waals surface area contributed by atoms with Gasteiger partial charge in [0.1, 0.15) is 28.7 Å². The number of rotatable bonds is 8. The first-order chi connectivity index (χ1) is 18.9. The van der Waals surface area contributed by atoms with E-state index in [0.29, 0.717) is 40.6 Å². The lowest BCUT2D eigenvalue weighted by Gasteiger charge is -2.27. The van der Waals surface area contributed by atoms with E-state index >= 15 is 0 Å². The number of unbranched alkanes of at least 4 members (excludes halogenated alkanes) is 1. The van der Waals surface area contributed by atoms with Crippen LogP contribution in [0.4, 0.5) is 0 Å². The number of furan rings is 1. The largest absolute Gasteiger partial charge is 0.493 e. The molecule has 1 aliphatic heterocycles. The fourth-order valence-corrected chi connectivity index (χ4v) is 4.67. The summed E-state index contributed by atoms with van der Waals surface area (Å²) in [5.41, 5.74) is 9.23. The molecule has 0 aliphatic carbocycles. The molecular weight excluding hydrogens is 496 g/mol. The number of nitrogens with two attached hydrogens (primary N) is 1. The van der Waals surface area contributed by atoms with Crippen molar-refractivity contribution in [1.29, 1.82) is 5.26 Å². The zero-order valence-corrected chi connectivity index (χ0v) is 21.9. The molecule has 39 heavy (non-hydrogen) atoms. The SMILES string of the molecule is CCCCOc1ccc(C2C(C#N)=C(N)Oc3cc(OC(=O)c4oc5ccccc5c4C)ccc32)cc1OC. The van der Waals surface area contributed by atoms with Crippen LogP contribution in [-0.4, -0.2) is 19.7 Å². The Morgan fingerprint density at radius 2 is 1.92 bits per heavy atom. The minimum Gasteiger partial charge on any atom is -0.493 e. The number of hydrogen-bond donors (Lipinski definition) is 1. The van der Waals surface area contributed by atoms with Crippen molar-refractivity contribution in [2.24, 2.45) is 5.73 Å². The maximum Gasteiger partial charge on any atom is 0.379 e. The molecule has 0 saturated carbocycles. The van der Waals surface area contributed by atoms with Gasteiger partial charge in [0.15, 0.2) is 11.5 Å². The summed E-state index contributed by atoms with van der Waals surface area (Å²) in [6.45, 7) is 4.49. The summed E-state index contributed by atoms with van der Waals surface area (Å²) in [4.78, 5) is 13.0. The molecule has 1 unspecified atom stereocenters. The van der Waals surface area contributed by atoms with Gasteiger partial charge in [-0.1, -0.05) is 43.7 Å². The van der Waals surface area contributed by atoms with Crippen LogP contribution < -0.4 is 24.7 Å². The monoisotopic (exact) mass is 524 g/mol. The minimum atomic E-state index is -0.624. The number of fused-ring (bicyclic) bond motifs is 2. The second-order valence-corrected chi connectivity index (χ2v) is 9.18. The number of para-hydroxylation sites is 1. The van der Waals surface area contributed by atoms with Gasteiger partial charge in [-0.2, -0.15) is 5.26 Å². The third-order valence-corrected chi connectivity index (χ3v) is 6.71. The molecule has 1 aromatic heterocycles. The van der Waals surface area contributed by atoms with E-state index in [2.05, 4.69) is 13.0 Å². The maximum absolute atomic E-state index is 13.0. The van der Waals surface area contributed by atoms with E-state index in [9.17, 15) is 10.1 Å². The summed E-state index contributed by atoms with van der Waals surface area (Å²) in [6, 6.07) is 20.1. The van der Waals surface area contributed by atoms with Gasteiger partial charge in [-0.05, 0) is 43.2 Å². The molecule has 198 valence electrons. The highest BCUT2D eigenvalue weighted by Gasteiger charge is 2.32. The van der Waals surface area contributed by atoms with Crippen LogP contribution in [0.1, 0.15) is 52.9 Å². The molecule has 8 heteroatoms. The first kappa shape index (κ1) is 25.7. The Hall–Kier alpha value is -4.90. The van der Waals surface area contributed by atoms with Crippen LogP contribution in [0.15, 0.2) is 76.5 Å². The summed E-state index contributed by atoms with van der Waals surface area (Å²) in [5, 5.41) is 10.8. The molecule has 2 heterocycles. The van der Waals surface area contributed by atoms with Crippen LogP contribution in [0, 0.1) is 18.3 Å². The molecule has 0 amide bonds. The Kier molecular flexibility index (Phi) is 7.15. The highest BCUT2D eigenvalue weighted by atomic mass is 16.5. The van der Waals surface area contributed by atoms with Gasteiger partial charge in [0.2, 0.25) is 11.6 Å². The molecule has 0 saturated heterocycles. The molecule has 5 rings (SSSR count). The van der Waals surface area contributed by atoms with E-state index in [1.165, 1.54) is 0 Å². The standard InChI is InChI=1S/C31H28N2O6/c1-4-5-14-36-25-13-10-19(15-27(25)35-3)28-22-12-11-20(16-26(22)39-30(33)23(28)17-32)37-31(34)29-18(2)21-8-6-7-9-24(21)38-29/h6-13,15-16,28H,4-5,14,33H2,1-3H3. The topological polar surface area (TPSA) is 117 Å². The zero-order valence-electron chi connectivity index (χ0n) is 21.9. The van der Waals surface area contributed by atoms with Crippen molar-refractivity contribution >= 4 is 16.9 Å². The Balaban J connectivity index is 1.46. The molecule has 4 aromatic rings. The smallest absolute Gasteiger partial charge is 0.379 e. The molecule has 0 spiro atoms. The van der Waals surface area contributed by atoms with Crippen molar-refractivity contribution < 1.29 is 28.2 Å². The predicted molar refractivity (Wildman–Crippen MR) is 145 cm³/mol. The van der Waals surface area contributed by atoms with Crippen molar-refractivity contribution in [3.63, 3.8) is 0 Å². The molecule has 8 nitrogen and oxygen atoms in total. The number of methoxy groups -OCH3 is 1. The van der Waals surface area contributed by atoms with Gasteiger partial charge in [0, 0.05) is 22.6 Å². The van der Waals surface area contributed by atoms with Crippen molar-refractivity contribution in [3.8, 4) is 29.1 Å². The van der Waals surface area contributed by atoms with Gasteiger partial charge in [0.05, 0.1) is 19.6 Å². The molecule has 0 radical (unpaired) electrons. The zero-order chi connectivity index (χ0) is 27.5. The van der Waals surface area contributed by atoms with Gasteiger partial charge in [-0.15, -0.1) is 0 Å². The van der Waals surface area contributed by atoms with Crippen LogP contribution in [0.25, 0.3) is 11.0 Å². The molecule has 0 fully saturated rings. The third kappa shape index (κ3) is 4.87. The van der Waals surface area contributed by atoms with E-state index in [4.69, 9.17) is 29.1 Å². The lowest BCUT2D eigenvalue weighted by atomic mass is 9.83. The van der Waals surface area contributed by atoms with Crippen LogP contribution in [0.3, 0.4) is 0 Å². The molecular formula is C31H28N2O6. The number of benzene rings is 3. The van der Waals surface area contributed by atoms with Gasteiger partial charge in [-0.3, -0.25) is 0 Å². The summed E-state index contributed by atoms with van der Waals surface area (Å²) in [7, 11) is 1.57. The van der Waals surface area contributed by atoms with Crippen LogP contribution in [0.5, 0.6) is 23.0 Å². The lowest BCUT2D eigenvalue weighted by Crippen LogP contribution is -2.21. The first-order valence-electron chi connectivity index (χ1n) is 12.7. The number of carbonyl (C=O) groups excluding carboxylic acids is 1. The van der Waals surface area contributed by atoms with Crippen LogP contribution >= 0.6 is 0 Å². The van der Waals surface area contributed by atoms with E-state index < -0.39 is 11.9 Å². The molecule has 0 bridgehead atoms. The van der Waals surface area contributed by atoms with Gasteiger partial charge in [-0.25, -0.2) is 4.79 Å². The average molecular weight is 525 g/mol. The van der Waals surface area contributed by atoms with Crippen molar-refractivity contribution in [2.75, 3.05) is 13.7 Å². The lowest BCUT2D eigenvalue weighted by molar-refractivity contribution is 0.0702. The second kappa shape index (κ2) is 10.8. The normalized spacial score (nSPS) is 14.4. The fraction of sp³-hybridized carbons (Fsp3) is 0.226. The molecule has 2 N–H and O–H groups in total. The highest BCUT2D eigenvalue weighted by Crippen LogP contribution is 2.45. The van der Waals surface area contributed by atoms with Crippen molar-refractivity contribution in [3.05, 3.63) is 94.6 Å². The summed E-state index contributed by atoms with van der Waals surface area (Å²) >= 11 is 0. The number of nitrogens with zero attached hydrogens (tertiary/aromatic N) is 1. The Bertz CT molecular complexity index is 1630. The molecule has 1 aliphatic rings. The van der Waals surface area contributed by atoms with Crippen LogP contribution in [0.2, 0.25) is 0 Å². The quantitative estimate of drug-likeness (QED) is 0.161. The number of ether oxygens (including phenoxy) is 4. The van der Waals surface area contributed by atoms with Gasteiger partial charge in [0.25, 0.3) is 0 Å². The number of allylic oxidation sites excluding steroid dienone is 1. The average Bonchev–Trinajstić information content (AvgIpc) is 3.29. The summed E-state index contributed by atoms with van der Waals surface area (Å²) < 4.78 is 28.6. The first-order valence-corrected chi connectivity index (χ1v) is 12.7. The van der Waals surface area contributed by atoms with E-state index in [1.54, 1.807) is 31.4 Å². The highest BCUT2D eigenvalue weighted by molar-refractivity contribution is 5.96. The molecule has 3 aromatic carbocycles. The van der Waals surface area contributed by atoms with Crippen LogP contribution in [-0.2, 0) is 0 Å². The second-order valence-electron chi connectivity index (χ2n) is 9.18. The van der Waals surface area contributed by atoms with E-state index in [0.717, 1.165) is 23.8 Å². The van der Waals surface area contributed by atoms with Gasteiger partial charge >= 0.3 is 5.97 Å². The molecule has 1 atom stereocenters. The van der Waals surface area contributed by atoms with Gasteiger partial charge < -0.3 is 29.1 Å². The van der Waals surface area contributed by atoms with E-state index in [1.807, 2.05) is 43.3 Å². The number of aryl methyl sites for hydroxylation is 1. The summed E-state index contributed by atoms with van der Waals surface area (Å²) in [6.07, 6.45) is 1.95. The Morgan fingerprint density at radius 3 is 2.67 bits per heavy atom. The minimum absolute atomic E-state index is 0.0196. The number of hydrogen-bond acceptors (Lipinski definition) is 8. The van der Waals surface area contributed by atoms with Crippen molar-refractivity contribution in [2.45, 2.75) is 32.6 Å². The summed E-state index contributed by atoms with van der Waals surface area (Å²) in [5.74, 6) is 0.787. The third-order valence-electron chi connectivity index (χ3n) is 6.71. The number of carbonyl (C=O) groups is 1. The Morgan fingerprint density at radius 1 is 1.10 bits per heavy atom. The van der Waals surface area contributed by atoms with Crippen molar-refractivity contribution in [1.82, 2.24) is 0 Å².